The number of thiazole rings is 1. The molecule has 0 saturated carbocycles. The van der Waals surface area contributed by atoms with Crippen LogP contribution in [0.3, 0.4) is 0 Å². The van der Waals surface area contributed by atoms with E-state index in [4.69, 9.17) is 9.72 Å². The molecule has 0 radical (unpaired) electrons. The van der Waals surface area contributed by atoms with Crippen LogP contribution in [0.4, 0.5) is 5.13 Å². The van der Waals surface area contributed by atoms with Crippen molar-refractivity contribution in [1.29, 1.82) is 0 Å². The highest BCUT2D eigenvalue weighted by molar-refractivity contribution is 7.19. The molecule has 0 aliphatic heterocycles. The molecule has 0 spiro atoms. The van der Waals surface area contributed by atoms with Crippen LogP contribution in [0.2, 0.25) is 0 Å². The number of rotatable bonds is 10. The second-order valence-electron chi connectivity index (χ2n) is 7.47. The van der Waals surface area contributed by atoms with Crippen molar-refractivity contribution in [1.82, 2.24) is 15.0 Å². The molecule has 0 bridgehead atoms. The van der Waals surface area contributed by atoms with E-state index >= 15 is 0 Å². The molecule has 0 aliphatic rings. The van der Waals surface area contributed by atoms with Crippen LogP contribution in [-0.4, -0.2) is 32.6 Å². The van der Waals surface area contributed by atoms with Gasteiger partial charge in [-0.1, -0.05) is 42.9 Å². The van der Waals surface area contributed by atoms with Gasteiger partial charge in [-0.25, -0.2) is 15.0 Å². The van der Waals surface area contributed by atoms with E-state index < -0.39 is 11.9 Å². The third-order valence-electron chi connectivity index (χ3n) is 5.04. The third-order valence-corrected chi connectivity index (χ3v) is 6.10. The minimum Gasteiger partial charge on any atom is -0.481 e. The monoisotopic (exact) mass is 460 g/mol. The number of hydrogen-bond donors (Lipinski definition) is 2. The summed E-state index contributed by atoms with van der Waals surface area (Å²) in [4.78, 5) is 25.5. The Hall–Kier alpha value is -3.78. The Kier molecular flexibility index (Phi) is 7.26. The number of carbonyl (C=O) groups is 1. The summed E-state index contributed by atoms with van der Waals surface area (Å²) in [5, 5.41) is 13.3. The number of carboxylic acids is 1. The maximum absolute atomic E-state index is 11.5. The molecule has 0 aliphatic carbocycles. The van der Waals surface area contributed by atoms with Gasteiger partial charge in [0.2, 0.25) is 0 Å². The normalized spacial score (nSPS) is 11.7. The van der Waals surface area contributed by atoms with Gasteiger partial charge in [0.05, 0.1) is 16.5 Å². The first-order valence-electron chi connectivity index (χ1n) is 10.7. The van der Waals surface area contributed by atoms with E-state index in [9.17, 15) is 9.90 Å². The summed E-state index contributed by atoms with van der Waals surface area (Å²) in [6, 6.07) is 17.3. The van der Waals surface area contributed by atoms with Crippen LogP contribution in [0.25, 0.3) is 21.7 Å². The van der Waals surface area contributed by atoms with E-state index in [1.54, 1.807) is 12.4 Å². The predicted molar refractivity (Wildman–Crippen MR) is 130 cm³/mol. The molecule has 2 aromatic heterocycles. The Morgan fingerprint density at radius 2 is 1.73 bits per heavy atom. The standard InChI is InChI=1S/C25H24N4O3S/c1-2-6-18(24(30)31)15-28-25-29-22(23(33-25)19-13-26-16-27-14-19)17-9-11-21(12-10-17)32-20-7-4-3-5-8-20/h3-5,7-14,16,18H,2,6,15H2,1H3,(H,28,29)(H,30,31). The summed E-state index contributed by atoms with van der Waals surface area (Å²) >= 11 is 1.46. The van der Waals surface area contributed by atoms with Crippen LogP contribution in [0, 0.1) is 5.92 Å². The number of ether oxygens (including phenoxy) is 1. The van der Waals surface area contributed by atoms with Gasteiger partial charge in [0.15, 0.2) is 5.13 Å². The minimum atomic E-state index is -0.799. The van der Waals surface area contributed by atoms with E-state index in [1.807, 2.05) is 61.5 Å². The lowest BCUT2D eigenvalue weighted by Crippen LogP contribution is -2.22. The Labute approximate surface area is 196 Å². The third kappa shape index (κ3) is 5.72. The molecule has 0 fully saturated rings. The van der Waals surface area contributed by atoms with E-state index in [2.05, 4.69) is 15.3 Å². The first-order chi connectivity index (χ1) is 16.1. The van der Waals surface area contributed by atoms with Gasteiger partial charge < -0.3 is 15.2 Å². The molecule has 8 heteroatoms. The van der Waals surface area contributed by atoms with Crippen LogP contribution in [0.5, 0.6) is 11.5 Å². The quantitative estimate of drug-likeness (QED) is 0.301. The number of nitrogens with one attached hydrogen (secondary N) is 1. The van der Waals surface area contributed by atoms with Gasteiger partial charge in [-0.3, -0.25) is 4.79 Å². The Bertz CT molecular complexity index is 1180. The lowest BCUT2D eigenvalue weighted by atomic mass is 10.0. The summed E-state index contributed by atoms with van der Waals surface area (Å²) in [6.45, 7) is 2.31. The molecule has 4 aromatic rings. The molecule has 1 unspecified atom stereocenters. The Balaban J connectivity index is 1.60. The number of anilines is 1. The van der Waals surface area contributed by atoms with Crippen molar-refractivity contribution >= 4 is 22.4 Å². The molecule has 2 N–H and O–H groups in total. The summed E-state index contributed by atoms with van der Waals surface area (Å²) in [7, 11) is 0. The van der Waals surface area contributed by atoms with Crippen LogP contribution in [0.1, 0.15) is 19.8 Å². The number of aromatic nitrogens is 3. The average Bonchev–Trinajstić information content (AvgIpc) is 3.27. The first kappa shape index (κ1) is 22.4. The molecule has 0 amide bonds. The molecule has 7 nitrogen and oxygen atoms in total. The lowest BCUT2D eigenvalue weighted by molar-refractivity contribution is -0.141. The van der Waals surface area contributed by atoms with Crippen molar-refractivity contribution in [2.24, 2.45) is 5.92 Å². The topological polar surface area (TPSA) is 97.2 Å². The van der Waals surface area contributed by atoms with Crippen molar-refractivity contribution in [2.45, 2.75) is 19.8 Å². The van der Waals surface area contributed by atoms with Crippen molar-refractivity contribution < 1.29 is 14.6 Å². The molecular formula is C25H24N4O3S. The number of aliphatic carboxylic acids is 1. The Morgan fingerprint density at radius 3 is 2.39 bits per heavy atom. The molecule has 2 aromatic carbocycles. The maximum Gasteiger partial charge on any atom is 0.308 e. The average molecular weight is 461 g/mol. The highest BCUT2D eigenvalue weighted by Gasteiger charge is 2.19. The summed E-state index contributed by atoms with van der Waals surface area (Å²) in [5.74, 6) is 0.242. The number of para-hydroxylation sites is 1. The van der Waals surface area contributed by atoms with Gasteiger partial charge in [-0.05, 0) is 42.8 Å². The molecule has 2 heterocycles. The highest BCUT2D eigenvalue weighted by Crippen LogP contribution is 2.39. The van der Waals surface area contributed by atoms with Gasteiger partial charge in [-0.2, -0.15) is 0 Å². The van der Waals surface area contributed by atoms with Crippen LogP contribution >= 0.6 is 11.3 Å². The van der Waals surface area contributed by atoms with Crippen molar-refractivity contribution in [2.75, 3.05) is 11.9 Å². The number of hydrogen-bond acceptors (Lipinski definition) is 7. The van der Waals surface area contributed by atoms with Gasteiger partial charge in [0.25, 0.3) is 0 Å². The lowest BCUT2D eigenvalue weighted by Gasteiger charge is -2.11. The van der Waals surface area contributed by atoms with Crippen molar-refractivity contribution in [3.05, 3.63) is 73.3 Å². The molecule has 33 heavy (non-hydrogen) atoms. The van der Waals surface area contributed by atoms with Gasteiger partial charge >= 0.3 is 5.97 Å². The molecule has 0 saturated heterocycles. The summed E-state index contributed by atoms with van der Waals surface area (Å²) < 4.78 is 5.89. The minimum absolute atomic E-state index is 0.324. The van der Waals surface area contributed by atoms with Crippen molar-refractivity contribution in [3.63, 3.8) is 0 Å². The number of carboxylic acid groups (broad SMARTS) is 1. The van der Waals surface area contributed by atoms with Gasteiger partial charge in [-0.15, -0.1) is 0 Å². The Morgan fingerprint density at radius 1 is 1.03 bits per heavy atom. The van der Waals surface area contributed by atoms with Crippen LogP contribution in [0.15, 0.2) is 73.3 Å². The van der Waals surface area contributed by atoms with E-state index in [0.717, 1.165) is 39.6 Å². The fourth-order valence-electron chi connectivity index (χ4n) is 3.38. The maximum atomic E-state index is 11.5. The molecule has 4 rings (SSSR count). The zero-order valence-electron chi connectivity index (χ0n) is 18.1. The highest BCUT2D eigenvalue weighted by atomic mass is 32.1. The van der Waals surface area contributed by atoms with E-state index in [1.165, 1.54) is 17.7 Å². The van der Waals surface area contributed by atoms with Crippen LogP contribution in [-0.2, 0) is 4.79 Å². The molecular weight excluding hydrogens is 436 g/mol. The van der Waals surface area contributed by atoms with Gasteiger partial charge in [0, 0.05) is 30.1 Å². The second kappa shape index (κ2) is 10.7. The SMILES string of the molecule is CCCC(CNc1nc(-c2ccc(Oc3ccccc3)cc2)c(-c2cncnc2)s1)C(=O)O. The molecule has 168 valence electrons. The predicted octanol–water partition coefficient (Wildman–Crippen LogP) is 5.97. The van der Waals surface area contributed by atoms with E-state index in [-0.39, 0.29) is 0 Å². The fourth-order valence-corrected chi connectivity index (χ4v) is 4.35. The zero-order chi connectivity index (χ0) is 23.0. The van der Waals surface area contributed by atoms with E-state index in [0.29, 0.717) is 18.1 Å². The fraction of sp³-hybridized carbons (Fsp3) is 0.200. The largest absolute Gasteiger partial charge is 0.481 e. The first-order valence-corrected chi connectivity index (χ1v) is 11.5. The van der Waals surface area contributed by atoms with Crippen molar-refractivity contribution in [3.8, 4) is 33.2 Å². The van der Waals surface area contributed by atoms with Gasteiger partial charge in [0.1, 0.15) is 17.8 Å². The second-order valence-corrected chi connectivity index (χ2v) is 8.47. The number of benzene rings is 2. The summed E-state index contributed by atoms with van der Waals surface area (Å²) in [6.07, 6.45) is 6.41. The molecule has 1 atom stereocenters. The number of nitrogens with zero attached hydrogens (tertiary/aromatic N) is 3. The summed E-state index contributed by atoms with van der Waals surface area (Å²) in [5.41, 5.74) is 2.55. The van der Waals surface area contributed by atoms with Crippen LogP contribution < -0.4 is 10.1 Å². The zero-order valence-corrected chi connectivity index (χ0v) is 19.0. The smallest absolute Gasteiger partial charge is 0.308 e.